The number of ether oxygens (including phenoxy) is 2. The number of aromatic hydroxyl groups is 1. The normalized spacial score (nSPS) is 26.2. The molecule has 3 saturated heterocycles. The number of carbonyl (C=O) groups is 1. The molecular formula is C34H35F3N6O4. The maximum Gasteiger partial charge on any atom is 0.407 e. The first-order valence-electron chi connectivity index (χ1n) is 16.1. The fraction of sp³-hybridized carbons (Fsp3) is 0.471. The van der Waals surface area contributed by atoms with Crippen LogP contribution in [-0.2, 0) is 11.2 Å². The highest BCUT2D eigenvalue weighted by Crippen LogP contribution is 2.42. The summed E-state index contributed by atoms with van der Waals surface area (Å²) in [5.74, 6) is -1.10. The van der Waals surface area contributed by atoms with E-state index in [0.717, 1.165) is 19.4 Å². The third-order valence-corrected chi connectivity index (χ3v) is 10.3. The standard InChI is InChI=1S/C34H35F3N6O4/c1-33-7-2-9-42(17-33)30-24-15-38-28(23-13-21(44)12-19-4-5-25(36)22(26(19)23)6-11-46-32(45)41-33)27(37)29(24)39-31(40-30)47-18-34-8-3-10-43(34)16-20(35)14-34/h4-5,12-13,15,20,44H,2-3,6-11,14,16-18H2,1H3,(H,41,45)/t20-,33-,34+/m1/s1. The Kier molecular flexibility index (Phi) is 7.08. The van der Waals surface area contributed by atoms with Crippen LogP contribution in [0.15, 0.2) is 30.5 Å². The number of nitrogens with one attached hydrogen (secondary N) is 1. The van der Waals surface area contributed by atoms with Gasteiger partial charge in [0.1, 0.15) is 41.4 Å². The highest BCUT2D eigenvalue weighted by molar-refractivity contribution is 6.01. The first kappa shape index (κ1) is 30.0. The molecule has 1 amide bonds. The van der Waals surface area contributed by atoms with Crippen LogP contribution in [0.25, 0.3) is 32.9 Å². The molecule has 3 fully saturated rings. The zero-order chi connectivity index (χ0) is 32.5. The number of phenols is 1. The van der Waals surface area contributed by atoms with E-state index in [0.29, 0.717) is 60.9 Å². The number of amides is 1. The van der Waals surface area contributed by atoms with Gasteiger partial charge in [-0.2, -0.15) is 9.97 Å². The van der Waals surface area contributed by atoms with Gasteiger partial charge in [0.05, 0.1) is 23.1 Å². The first-order chi connectivity index (χ1) is 22.6. The van der Waals surface area contributed by atoms with Gasteiger partial charge in [-0.1, -0.05) is 6.07 Å². The Morgan fingerprint density at radius 2 is 2.02 bits per heavy atom. The van der Waals surface area contributed by atoms with Crippen molar-refractivity contribution in [1.29, 1.82) is 0 Å². The molecule has 4 aromatic rings. The Labute approximate surface area is 268 Å². The van der Waals surface area contributed by atoms with E-state index in [1.165, 1.54) is 30.5 Å². The van der Waals surface area contributed by atoms with Gasteiger partial charge in [-0.15, -0.1) is 0 Å². The number of halogens is 3. The Morgan fingerprint density at radius 3 is 2.89 bits per heavy atom. The van der Waals surface area contributed by atoms with Gasteiger partial charge in [-0.3, -0.25) is 9.88 Å². The minimum atomic E-state index is -0.943. The van der Waals surface area contributed by atoms with Crippen LogP contribution in [-0.4, -0.2) is 87.7 Å². The van der Waals surface area contributed by atoms with Gasteiger partial charge in [-0.25, -0.2) is 18.0 Å². The van der Waals surface area contributed by atoms with Crippen LogP contribution in [0, 0.1) is 11.6 Å². The van der Waals surface area contributed by atoms with E-state index in [2.05, 4.69) is 20.2 Å². The van der Waals surface area contributed by atoms with Crippen molar-refractivity contribution in [1.82, 2.24) is 25.2 Å². The maximum atomic E-state index is 16.9. The summed E-state index contributed by atoms with van der Waals surface area (Å²) in [6.07, 6.45) is 3.36. The second-order valence-electron chi connectivity index (χ2n) is 13.6. The summed E-state index contributed by atoms with van der Waals surface area (Å²) < 4.78 is 58.6. The summed E-state index contributed by atoms with van der Waals surface area (Å²) in [5, 5.41) is 14.8. The Hall–Kier alpha value is -4.39. The van der Waals surface area contributed by atoms with Crippen molar-refractivity contribution in [3.8, 4) is 23.0 Å². The number of phenolic OH excluding ortho intramolecular Hbond substituents is 1. The van der Waals surface area contributed by atoms with Crippen molar-refractivity contribution in [2.24, 2.45) is 0 Å². The van der Waals surface area contributed by atoms with Crippen molar-refractivity contribution in [3.05, 3.63) is 47.7 Å². The van der Waals surface area contributed by atoms with Crippen LogP contribution >= 0.6 is 0 Å². The van der Waals surface area contributed by atoms with Gasteiger partial charge in [0.25, 0.3) is 0 Å². The van der Waals surface area contributed by atoms with Gasteiger partial charge in [-0.05, 0) is 73.7 Å². The lowest BCUT2D eigenvalue weighted by molar-refractivity contribution is 0.107. The SMILES string of the molecule is C[C@@]12CCCN(C1)c1nc(OC[C@@]34CCCN3C[C@H](F)C4)nc3c(F)c(ncc13)-c1cc(O)cc3ccc(F)c(c13)CCOC(=O)N2. The lowest BCUT2D eigenvalue weighted by Crippen LogP contribution is -2.57. The van der Waals surface area contributed by atoms with E-state index >= 15 is 8.78 Å². The number of nitrogens with zero attached hydrogens (tertiary/aromatic N) is 5. The molecule has 10 nitrogen and oxygen atoms in total. The van der Waals surface area contributed by atoms with Crippen molar-refractivity contribution < 1.29 is 32.5 Å². The number of hydrogen-bond acceptors (Lipinski definition) is 9. The van der Waals surface area contributed by atoms with E-state index in [1.54, 1.807) is 0 Å². The van der Waals surface area contributed by atoms with Crippen LogP contribution in [0.5, 0.6) is 11.8 Å². The molecule has 13 heteroatoms. The van der Waals surface area contributed by atoms with Crippen molar-refractivity contribution >= 4 is 33.6 Å². The number of alkyl halides is 1. The molecule has 5 aliphatic rings. The average molecular weight is 649 g/mol. The second kappa shape index (κ2) is 11.1. The van der Waals surface area contributed by atoms with Gasteiger partial charge < -0.3 is 24.8 Å². The smallest absolute Gasteiger partial charge is 0.407 e. The second-order valence-corrected chi connectivity index (χ2v) is 13.6. The number of alkyl carbamates (subject to hydrolysis) is 1. The topological polar surface area (TPSA) is 113 Å². The minimum absolute atomic E-state index is 0.00915. The lowest BCUT2D eigenvalue weighted by atomic mass is 9.91. The van der Waals surface area contributed by atoms with Gasteiger partial charge in [0, 0.05) is 44.2 Å². The van der Waals surface area contributed by atoms with Gasteiger partial charge in [0.2, 0.25) is 0 Å². The molecule has 0 radical (unpaired) electrons. The third-order valence-electron chi connectivity index (χ3n) is 10.3. The zero-order valence-corrected chi connectivity index (χ0v) is 26.0. The Balaban J connectivity index is 1.32. The van der Waals surface area contributed by atoms with E-state index in [-0.39, 0.29) is 53.7 Å². The largest absolute Gasteiger partial charge is 0.508 e. The summed E-state index contributed by atoms with van der Waals surface area (Å²) in [7, 11) is 0. The Morgan fingerprint density at radius 1 is 1.17 bits per heavy atom. The molecule has 5 aliphatic heterocycles. The summed E-state index contributed by atoms with van der Waals surface area (Å²) in [6, 6.07) is 5.52. The summed E-state index contributed by atoms with van der Waals surface area (Å²) >= 11 is 0. The van der Waals surface area contributed by atoms with E-state index < -0.39 is 35.0 Å². The van der Waals surface area contributed by atoms with Gasteiger partial charge in [0.15, 0.2) is 5.82 Å². The van der Waals surface area contributed by atoms with E-state index in [9.17, 15) is 14.3 Å². The number of benzene rings is 2. The molecule has 9 rings (SSSR count). The Bertz CT molecular complexity index is 1930. The fourth-order valence-electron chi connectivity index (χ4n) is 8.14. The number of aromatic nitrogens is 3. The lowest BCUT2D eigenvalue weighted by Gasteiger charge is -2.41. The van der Waals surface area contributed by atoms with E-state index in [4.69, 9.17) is 14.5 Å². The number of anilines is 1. The summed E-state index contributed by atoms with van der Waals surface area (Å²) in [4.78, 5) is 30.9. The van der Waals surface area contributed by atoms with Crippen LogP contribution in [0.3, 0.4) is 0 Å². The average Bonchev–Trinajstić information content (AvgIpc) is 3.56. The predicted octanol–water partition coefficient (Wildman–Crippen LogP) is 5.43. The summed E-state index contributed by atoms with van der Waals surface area (Å²) in [5.41, 5.74) is -1.00. The third kappa shape index (κ3) is 5.15. The van der Waals surface area contributed by atoms with Crippen molar-refractivity contribution in [2.45, 2.75) is 62.7 Å². The molecule has 3 atom stereocenters. The van der Waals surface area contributed by atoms with E-state index in [1.807, 2.05) is 11.8 Å². The molecule has 2 N–H and O–H groups in total. The molecule has 0 saturated carbocycles. The highest BCUT2D eigenvalue weighted by atomic mass is 19.1. The molecular weight excluding hydrogens is 613 g/mol. The maximum absolute atomic E-state index is 16.9. The van der Waals surface area contributed by atoms with Crippen LogP contribution in [0.1, 0.15) is 44.6 Å². The number of piperidine rings is 1. The van der Waals surface area contributed by atoms with Crippen molar-refractivity contribution in [3.63, 3.8) is 0 Å². The van der Waals surface area contributed by atoms with Crippen molar-refractivity contribution in [2.75, 3.05) is 44.3 Å². The molecule has 2 aromatic heterocycles. The van der Waals surface area contributed by atoms with Gasteiger partial charge >= 0.3 is 12.1 Å². The molecule has 2 aromatic carbocycles. The minimum Gasteiger partial charge on any atom is -0.508 e. The summed E-state index contributed by atoms with van der Waals surface area (Å²) in [6.45, 7) is 4.00. The number of hydrogen-bond donors (Lipinski definition) is 2. The molecule has 7 heterocycles. The predicted molar refractivity (Wildman–Crippen MR) is 168 cm³/mol. The van der Waals surface area contributed by atoms with Crippen LogP contribution in [0.2, 0.25) is 0 Å². The molecule has 47 heavy (non-hydrogen) atoms. The fourth-order valence-corrected chi connectivity index (χ4v) is 8.14. The molecule has 0 unspecified atom stereocenters. The monoisotopic (exact) mass is 648 g/mol. The van der Waals surface area contributed by atoms with Crippen LogP contribution < -0.4 is 15.0 Å². The number of fused-ring (bicyclic) bond motifs is 6. The number of rotatable bonds is 3. The first-order valence-corrected chi connectivity index (χ1v) is 16.1. The number of carbonyl (C=O) groups excluding carboxylic acids is 1. The highest BCUT2D eigenvalue weighted by Gasteiger charge is 2.49. The molecule has 0 spiro atoms. The number of pyridine rings is 1. The quantitative estimate of drug-likeness (QED) is 0.301. The molecule has 246 valence electrons. The van der Waals surface area contributed by atoms with Crippen LogP contribution in [0.4, 0.5) is 23.8 Å². The zero-order valence-electron chi connectivity index (χ0n) is 26.0. The molecule has 6 bridgehead atoms. The molecule has 0 aliphatic carbocycles.